The summed E-state index contributed by atoms with van der Waals surface area (Å²) in [5.74, 6) is 3.98. The Hall–Kier alpha value is -0.800. The summed E-state index contributed by atoms with van der Waals surface area (Å²) in [6, 6.07) is 1.63. The summed E-state index contributed by atoms with van der Waals surface area (Å²) in [5.41, 5.74) is 0. The minimum atomic E-state index is 0. The van der Waals surface area contributed by atoms with Gasteiger partial charge in [-0.2, -0.15) is 0 Å². The van der Waals surface area contributed by atoms with Gasteiger partial charge in [-0.3, -0.25) is 0 Å². The van der Waals surface area contributed by atoms with Crippen LogP contribution in [0, 0.1) is 23.7 Å². The Morgan fingerprint density at radius 3 is 0.803 bits per heavy atom. The van der Waals surface area contributed by atoms with Crippen LogP contribution in [0.4, 0.5) is 0 Å². The molecular formula is C56H124N16O4. The van der Waals surface area contributed by atoms with Crippen LogP contribution in [0.2, 0.25) is 0 Å². The highest BCUT2D eigenvalue weighted by molar-refractivity contribution is 4.94. The molecule has 0 amide bonds. The van der Waals surface area contributed by atoms with Gasteiger partial charge in [0.15, 0.2) is 0 Å². The predicted molar refractivity (Wildman–Crippen MR) is 319 cm³/mol. The molecule has 0 aromatic carbocycles. The summed E-state index contributed by atoms with van der Waals surface area (Å²) in [4.78, 5) is 0. The topological polar surface area (TPSA) is 229 Å². The van der Waals surface area contributed by atoms with Crippen LogP contribution in [0.25, 0.3) is 0 Å². The highest BCUT2D eigenvalue weighted by Crippen LogP contribution is 2.24. The molecule has 20 nitrogen and oxygen atoms in total. The van der Waals surface area contributed by atoms with Gasteiger partial charge in [-0.05, 0) is 167 Å². The van der Waals surface area contributed by atoms with Gasteiger partial charge in [-0.1, -0.05) is 26.7 Å². The number of piperazine rings is 3. The second-order valence-electron chi connectivity index (χ2n) is 21.5. The zero-order valence-electron chi connectivity index (χ0n) is 47.7. The van der Waals surface area contributed by atoms with Crippen molar-refractivity contribution in [2.75, 3.05) is 249 Å². The van der Waals surface area contributed by atoms with E-state index in [1.165, 1.54) is 162 Å². The van der Waals surface area contributed by atoms with Gasteiger partial charge >= 0.3 is 0 Å². The van der Waals surface area contributed by atoms with E-state index in [0.717, 1.165) is 140 Å². The molecule has 0 aliphatic carbocycles. The third kappa shape index (κ3) is 40.4. The maximum absolute atomic E-state index is 5.41. The van der Waals surface area contributed by atoms with Gasteiger partial charge in [0.05, 0.1) is 52.9 Å². The van der Waals surface area contributed by atoms with Crippen molar-refractivity contribution in [2.24, 2.45) is 23.7 Å². The van der Waals surface area contributed by atoms with E-state index in [0.29, 0.717) is 52.9 Å². The summed E-state index contributed by atoms with van der Waals surface area (Å²) in [5, 5.41) is 53.1. The van der Waals surface area contributed by atoms with Crippen molar-refractivity contribution in [1.82, 2.24) is 85.1 Å². The van der Waals surface area contributed by atoms with E-state index in [4.69, 9.17) is 18.9 Å². The van der Waals surface area contributed by atoms with E-state index < -0.39 is 0 Å². The SMILES string of the molecule is C.C(CC1CCNCC1)CC1CCNCC1.C1CC2NCCC2N1.C1CNCCCNC1.C1CNCCN1.C1CNCCN1.C1CNCCN1.C1COCCOCCNCCOCCOCCN1.C1NCC2CNCC12. The zero-order valence-corrected chi connectivity index (χ0v) is 47.7. The number of piperidine rings is 2. The summed E-state index contributed by atoms with van der Waals surface area (Å²) in [6.45, 7) is 39.8. The van der Waals surface area contributed by atoms with Crippen LogP contribution in [0.5, 0.6) is 0 Å². The van der Waals surface area contributed by atoms with E-state index in [1.54, 1.807) is 0 Å². The third-order valence-corrected chi connectivity index (χ3v) is 15.4. The molecule has 76 heavy (non-hydrogen) atoms. The number of ether oxygens (including phenoxy) is 4. The lowest BCUT2D eigenvalue weighted by molar-refractivity contribution is 0.0383. The first-order chi connectivity index (χ1) is 37.4. The monoisotopic (exact) mass is 1080 g/mol. The molecule has 0 aromatic rings. The predicted octanol–water partition coefficient (Wildman–Crippen LogP) is -1.33. The van der Waals surface area contributed by atoms with Crippen molar-refractivity contribution >= 4 is 0 Å². The maximum Gasteiger partial charge on any atom is 0.0701 e. The highest BCUT2D eigenvalue weighted by atomic mass is 16.5. The first-order valence-electron chi connectivity index (χ1n) is 31.1. The minimum Gasteiger partial charge on any atom is -0.378 e. The normalized spacial score (nSPS) is 28.4. The Bertz CT molecular complexity index is 931. The summed E-state index contributed by atoms with van der Waals surface area (Å²) >= 11 is 0. The van der Waals surface area contributed by atoms with Crippen molar-refractivity contribution in [3.05, 3.63) is 0 Å². The zero-order chi connectivity index (χ0) is 52.3. The van der Waals surface area contributed by atoms with Crippen LogP contribution >= 0.6 is 0 Å². The number of nitrogens with one attached hydrogen (secondary N) is 16. The van der Waals surface area contributed by atoms with Gasteiger partial charge < -0.3 is 104 Å². The molecule has 20 heteroatoms. The second-order valence-corrected chi connectivity index (χ2v) is 21.5. The molecule has 11 fully saturated rings. The summed E-state index contributed by atoms with van der Waals surface area (Å²) in [6.07, 6.45) is 15.4. The van der Waals surface area contributed by atoms with Crippen LogP contribution in [0.3, 0.4) is 0 Å². The number of fused-ring (bicyclic) bond motifs is 2. The van der Waals surface area contributed by atoms with Crippen molar-refractivity contribution in [1.29, 1.82) is 0 Å². The molecule has 2 unspecified atom stereocenters. The Morgan fingerprint density at radius 1 is 0.250 bits per heavy atom. The molecular weight excluding hydrogens is 961 g/mol. The fourth-order valence-corrected chi connectivity index (χ4v) is 10.7. The Morgan fingerprint density at radius 2 is 0.513 bits per heavy atom. The van der Waals surface area contributed by atoms with Gasteiger partial charge in [0.2, 0.25) is 0 Å². The Balaban J connectivity index is 0.000000236. The van der Waals surface area contributed by atoms with Crippen molar-refractivity contribution in [2.45, 2.75) is 90.1 Å². The molecule has 0 spiro atoms. The Labute approximate surface area is 465 Å². The average Bonchev–Trinajstić information content (AvgIpc) is 4.31. The van der Waals surface area contributed by atoms with E-state index in [1.807, 2.05) is 0 Å². The van der Waals surface area contributed by atoms with E-state index in [9.17, 15) is 0 Å². The molecule has 11 saturated heterocycles. The van der Waals surface area contributed by atoms with Crippen molar-refractivity contribution in [3.63, 3.8) is 0 Å². The molecule has 2 atom stereocenters. The Kier molecular flexibility index (Phi) is 48.9. The van der Waals surface area contributed by atoms with Gasteiger partial charge in [0.1, 0.15) is 0 Å². The van der Waals surface area contributed by atoms with Crippen molar-refractivity contribution < 1.29 is 18.9 Å². The summed E-state index contributed by atoms with van der Waals surface area (Å²) in [7, 11) is 0. The molecule has 0 aromatic heterocycles. The smallest absolute Gasteiger partial charge is 0.0701 e. The van der Waals surface area contributed by atoms with Crippen LogP contribution in [-0.4, -0.2) is 261 Å². The average molecular weight is 1090 g/mol. The number of hydrogen-bond acceptors (Lipinski definition) is 20. The van der Waals surface area contributed by atoms with E-state index >= 15 is 0 Å². The fraction of sp³-hybridized carbons (Fsp3) is 1.00. The van der Waals surface area contributed by atoms with Crippen LogP contribution in [0.1, 0.15) is 78.1 Å². The second kappa shape index (κ2) is 53.5. The first-order valence-corrected chi connectivity index (χ1v) is 31.1. The summed E-state index contributed by atoms with van der Waals surface area (Å²) < 4.78 is 21.6. The van der Waals surface area contributed by atoms with Gasteiger partial charge in [0, 0.05) is 117 Å². The molecule has 0 bridgehead atoms. The lowest BCUT2D eigenvalue weighted by Gasteiger charge is -2.25. The maximum atomic E-state index is 5.41. The van der Waals surface area contributed by atoms with Gasteiger partial charge in [-0.25, -0.2) is 0 Å². The molecule has 11 heterocycles. The quantitative estimate of drug-likeness (QED) is 0.157. The molecule has 11 aliphatic rings. The number of hydrogen-bond donors (Lipinski definition) is 16. The standard InChI is InChI=1S/C13H26N2.C12H26N2O4.2C6H12N2.C6H14N2.3C4H10N2.CH4/c1(2-12-4-8-14-9-5-12)3-13-6-10-15-11-7-13;1-5-15-9-10-17-7-3-14-4-8-18-12-11-16-6-2-13-1;1-5-2-8-4-6(5)3-7-1;1-3-7-6-2-4-8-5(1)6;1-3-7-5-2-6-8-4-1;3*1-2-6-4-3-5-1;/h12-15H,1-11H2;13-14H,1-12H2;2*5-8H,1-4H2;7-8H,1-6H2;3*5-6H,1-4H2;1H4. The lowest BCUT2D eigenvalue weighted by Crippen LogP contribution is -2.39. The number of rotatable bonds is 4. The molecule has 16 N–H and O–H groups in total. The van der Waals surface area contributed by atoms with Gasteiger partial charge in [-0.15, -0.1) is 0 Å². The molecule has 11 rings (SSSR count). The lowest BCUT2D eigenvalue weighted by atomic mass is 9.87. The first kappa shape index (κ1) is 69.5. The largest absolute Gasteiger partial charge is 0.378 e. The molecule has 452 valence electrons. The highest BCUT2D eigenvalue weighted by Gasteiger charge is 2.31. The van der Waals surface area contributed by atoms with E-state index in [-0.39, 0.29) is 7.43 Å². The van der Waals surface area contributed by atoms with E-state index in [2.05, 4.69) is 85.1 Å². The fourth-order valence-electron chi connectivity index (χ4n) is 10.7. The molecule has 0 saturated carbocycles. The third-order valence-electron chi connectivity index (χ3n) is 15.4. The van der Waals surface area contributed by atoms with Gasteiger partial charge in [0.25, 0.3) is 0 Å². The van der Waals surface area contributed by atoms with Crippen LogP contribution in [-0.2, 0) is 18.9 Å². The molecule has 11 aliphatic heterocycles. The van der Waals surface area contributed by atoms with Crippen LogP contribution in [0.15, 0.2) is 0 Å². The van der Waals surface area contributed by atoms with Crippen molar-refractivity contribution in [3.8, 4) is 0 Å². The van der Waals surface area contributed by atoms with Crippen LogP contribution < -0.4 is 85.1 Å². The minimum absolute atomic E-state index is 0. The molecule has 0 radical (unpaired) electrons.